The van der Waals surface area contributed by atoms with Crippen molar-refractivity contribution in [2.45, 2.75) is 20.0 Å². The normalized spacial score (nSPS) is 15.8. The van der Waals surface area contributed by atoms with E-state index >= 15 is 0 Å². The van der Waals surface area contributed by atoms with E-state index in [0.717, 1.165) is 49.9 Å². The van der Waals surface area contributed by atoms with E-state index in [1.807, 2.05) is 36.2 Å². The van der Waals surface area contributed by atoms with E-state index in [4.69, 9.17) is 11.6 Å². The lowest BCUT2D eigenvalue weighted by atomic mass is 10.2. The van der Waals surface area contributed by atoms with Gasteiger partial charge in [0.05, 0.1) is 11.8 Å². The molecular weight excluding hydrogens is 312 g/mol. The minimum atomic E-state index is 0.0714. The first-order valence-corrected chi connectivity index (χ1v) is 8.32. The molecule has 1 fully saturated rings. The Morgan fingerprint density at radius 2 is 1.96 bits per heavy atom. The second-order valence-corrected chi connectivity index (χ2v) is 6.15. The minimum absolute atomic E-state index is 0.0714. The third kappa shape index (κ3) is 3.74. The molecule has 0 unspecified atom stereocenters. The van der Waals surface area contributed by atoms with Crippen molar-refractivity contribution in [2.75, 3.05) is 26.2 Å². The molecule has 0 radical (unpaired) electrons. The van der Waals surface area contributed by atoms with Crippen molar-refractivity contribution in [3.8, 4) is 0 Å². The highest BCUT2D eigenvalue weighted by Crippen LogP contribution is 2.18. The number of nitrogens with zero attached hydrogens (tertiary/aromatic N) is 4. The number of hydrogen-bond donors (Lipinski definition) is 0. The highest BCUT2D eigenvalue weighted by Gasteiger charge is 2.23. The van der Waals surface area contributed by atoms with Crippen molar-refractivity contribution in [1.82, 2.24) is 19.6 Å². The predicted octanol–water partition coefficient (Wildman–Crippen LogP) is 2.51. The Balaban J connectivity index is 1.56. The lowest BCUT2D eigenvalue weighted by molar-refractivity contribution is 0.0628. The Morgan fingerprint density at radius 3 is 2.61 bits per heavy atom. The number of aromatic nitrogens is 2. The number of rotatable bonds is 4. The first-order chi connectivity index (χ1) is 11.2. The van der Waals surface area contributed by atoms with E-state index in [9.17, 15) is 4.79 Å². The third-order valence-electron chi connectivity index (χ3n) is 4.22. The van der Waals surface area contributed by atoms with Crippen molar-refractivity contribution in [2.24, 2.45) is 0 Å². The molecule has 2 aromatic rings. The molecule has 0 N–H and O–H groups in total. The summed E-state index contributed by atoms with van der Waals surface area (Å²) in [5, 5.41) is 4.98. The molecule has 0 atom stereocenters. The maximum atomic E-state index is 12.5. The van der Waals surface area contributed by atoms with Gasteiger partial charge in [0.25, 0.3) is 5.91 Å². The number of amides is 1. The Bertz CT molecular complexity index is 677. The Kier molecular flexibility index (Phi) is 4.98. The largest absolute Gasteiger partial charge is 0.336 e. The van der Waals surface area contributed by atoms with Gasteiger partial charge in [0.2, 0.25) is 0 Å². The number of hydrogen-bond acceptors (Lipinski definition) is 3. The molecule has 2 heterocycles. The van der Waals surface area contributed by atoms with Gasteiger partial charge in [0.1, 0.15) is 0 Å². The number of aryl methyl sites for hydroxylation is 1. The molecule has 5 nitrogen and oxygen atoms in total. The van der Waals surface area contributed by atoms with Crippen molar-refractivity contribution in [1.29, 1.82) is 0 Å². The molecule has 122 valence electrons. The monoisotopic (exact) mass is 332 g/mol. The molecule has 6 heteroatoms. The van der Waals surface area contributed by atoms with Crippen molar-refractivity contribution >= 4 is 17.5 Å². The molecular formula is C17H21ClN4O. The fourth-order valence-electron chi connectivity index (χ4n) is 2.81. The van der Waals surface area contributed by atoms with E-state index in [0.29, 0.717) is 5.56 Å². The molecule has 1 aliphatic heterocycles. The topological polar surface area (TPSA) is 41.4 Å². The van der Waals surface area contributed by atoms with Crippen LogP contribution in [0, 0.1) is 0 Å². The van der Waals surface area contributed by atoms with Crippen LogP contribution in [-0.2, 0) is 13.1 Å². The highest BCUT2D eigenvalue weighted by molar-refractivity contribution is 6.31. The van der Waals surface area contributed by atoms with Crippen LogP contribution in [0.1, 0.15) is 22.8 Å². The molecule has 1 aromatic heterocycles. The zero-order valence-electron chi connectivity index (χ0n) is 13.3. The van der Waals surface area contributed by atoms with Gasteiger partial charge in [-0.25, -0.2) is 0 Å². The highest BCUT2D eigenvalue weighted by atomic mass is 35.5. The second kappa shape index (κ2) is 7.15. The second-order valence-electron chi connectivity index (χ2n) is 5.74. The molecule has 1 aliphatic rings. The minimum Gasteiger partial charge on any atom is -0.336 e. The zero-order chi connectivity index (χ0) is 16.2. The first-order valence-electron chi connectivity index (χ1n) is 7.95. The van der Waals surface area contributed by atoms with E-state index in [1.54, 1.807) is 10.9 Å². The summed E-state index contributed by atoms with van der Waals surface area (Å²) in [6, 6.07) is 7.92. The van der Waals surface area contributed by atoms with Gasteiger partial charge >= 0.3 is 0 Å². The molecule has 3 rings (SSSR count). The summed E-state index contributed by atoms with van der Waals surface area (Å²) in [5.74, 6) is 0.0714. The number of halogens is 1. The fraction of sp³-hybridized carbons (Fsp3) is 0.412. The van der Waals surface area contributed by atoms with Crippen molar-refractivity contribution in [3.63, 3.8) is 0 Å². The van der Waals surface area contributed by atoms with Gasteiger partial charge in [0, 0.05) is 50.5 Å². The van der Waals surface area contributed by atoms with Crippen LogP contribution >= 0.6 is 11.6 Å². The summed E-state index contributed by atoms with van der Waals surface area (Å²) in [6.45, 7) is 6.81. The van der Waals surface area contributed by atoms with Gasteiger partial charge in [-0.1, -0.05) is 29.8 Å². The van der Waals surface area contributed by atoms with Crippen LogP contribution in [0.25, 0.3) is 0 Å². The average Bonchev–Trinajstić information content (AvgIpc) is 3.06. The van der Waals surface area contributed by atoms with Gasteiger partial charge < -0.3 is 4.90 Å². The summed E-state index contributed by atoms with van der Waals surface area (Å²) in [7, 11) is 0. The smallest absolute Gasteiger partial charge is 0.257 e. The Hall–Kier alpha value is -1.85. The number of piperazine rings is 1. The number of carbonyl (C=O) groups is 1. The summed E-state index contributed by atoms with van der Waals surface area (Å²) >= 11 is 6.22. The number of carbonyl (C=O) groups excluding carboxylic acids is 1. The van der Waals surface area contributed by atoms with Gasteiger partial charge in [-0.05, 0) is 18.6 Å². The SMILES string of the molecule is CCn1cc(C(=O)N2CCN(Cc3ccccc3Cl)CC2)cn1. The van der Waals surface area contributed by atoms with Crippen LogP contribution in [0.3, 0.4) is 0 Å². The zero-order valence-corrected chi connectivity index (χ0v) is 14.0. The Morgan fingerprint density at radius 1 is 1.22 bits per heavy atom. The van der Waals surface area contributed by atoms with Gasteiger partial charge in [-0.2, -0.15) is 5.10 Å². The summed E-state index contributed by atoms with van der Waals surface area (Å²) in [4.78, 5) is 16.7. The molecule has 1 aromatic carbocycles. The summed E-state index contributed by atoms with van der Waals surface area (Å²) < 4.78 is 1.78. The fourth-order valence-corrected chi connectivity index (χ4v) is 3.00. The van der Waals surface area contributed by atoms with Gasteiger partial charge in [-0.15, -0.1) is 0 Å². The molecule has 23 heavy (non-hydrogen) atoms. The standard InChI is InChI=1S/C17H21ClN4O/c1-2-22-13-15(11-19-22)17(23)21-9-7-20(8-10-21)12-14-5-3-4-6-16(14)18/h3-6,11,13H,2,7-10,12H2,1H3. The summed E-state index contributed by atoms with van der Waals surface area (Å²) in [5.41, 5.74) is 1.81. The quantitative estimate of drug-likeness (QED) is 0.864. The maximum absolute atomic E-state index is 12.5. The van der Waals surface area contributed by atoms with Crippen molar-refractivity contribution < 1.29 is 4.79 Å². The molecule has 0 saturated carbocycles. The van der Waals surface area contributed by atoms with Crippen LogP contribution in [0.15, 0.2) is 36.7 Å². The Labute approximate surface area is 141 Å². The molecule has 0 spiro atoms. The van der Waals surface area contributed by atoms with E-state index in [-0.39, 0.29) is 5.91 Å². The van der Waals surface area contributed by atoms with E-state index in [2.05, 4.69) is 16.1 Å². The summed E-state index contributed by atoms with van der Waals surface area (Å²) in [6.07, 6.45) is 3.47. The van der Waals surface area contributed by atoms with E-state index < -0.39 is 0 Å². The molecule has 0 bridgehead atoms. The van der Waals surface area contributed by atoms with Crippen LogP contribution in [-0.4, -0.2) is 51.7 Å². The molecule has 1 saturated heterocycles. The maximum Gasteiger partial charge on any atom is 0.257 e. The van der Waals surface area contributed by atoms with Crippen LogP contribution in [0.2, 0.25) is 5.02 Å². The molecule has 0 aliphatic carbocycles. The van der Waals surface area contributed by atoms with Crippen LogP contribution in [0.4, 0.5) is 0 Å². The number of benzene rings is 1. The third-order valence-corrected chi connectivity index (χ3v) is 4.58. The average molecular weight is 333 g/mol. The predicted molar refractivity (Wildman–Crippen MR) is 90.5 cm³/mol. The molecule has 1 amide bonds. The van der Waals surface area contributed by atoms with Crippen molar-refractivity contribution in [3.05, 3.63) is 52.8 Å². The van der Waals surface area contributed by atoms with Gasteiger partial charge in [0.15, 0.2) is 0 Å². The van der Waals surface area contributed by atoms with Crippen LogP contribution < -0.4 is 0 Å². The van der Waals surface area contributed by atoms with Crippen LogP contribution in [0.5, 0.6) is 0 Å². The van der Waals surface area contributed by atoms with Gasteiger partial charge in [-0.3, -0.25) is 14.4 Å². The van der Waals surface area contributed by atoms with E-state index in [1.165, 1.54) is 0 Å². The lowest BCUT2D eigenvalue weighted by Crippen LogP contribution is -2.48. The first kappa shape index (κ1) is 16.0. The lowest BCUT2D eigenvalue weighted by Gasteiger charge is -2.34.